The van der Waals surface area contributed by atoms with Crippen LogP contribution in [-0.2, 0) is 42.2 Å². The van der Waals surface area contributed by atoms with Gasteiger partial charge in [-0.15, -0.1) is 0 Å². The fourth-order valence-electron chi connectivity index (χ4n) is 9.40. The standard InChI is InChI=1S/C68H123O11P/c1-4-7-10-13-16-19-22-25-28-31-32-35-38-41-44-47-50-53-56-59-68(72)79-65(61-75-66(70)57-54-51-48-45-42-39-36-33-29-26-23-20-17-14-11-8-5-2)63-77-80(73,74)76-62-64(60-69)78-67(71)58-55-52-49-46-43-40-37-34-30-27-24-21-18-15-12-9-6-3/h7,10,16,19,25-26,28-29,32,35,64-65,69H,4-6,8-9,11-15,17-18,20-24,27,30-31,33-34,36-63H2,1-3H3,(H,73,74)/b10-7-,19-16-,28-25-,29-26-,35-32-. The second kappa shape index (κ2) is 62.2. The Bertz CT molecular complexity index is 1570. The Morgan fingerprint density at radius 1 is 0.362 bits per heavy atom. The lowest BCUT2D eigenvalue weighted by Crippen LogP contribution is -2.30. The number of carbonyl (C=O) groups is 3. The second-order valence-electron chi connectivity index (χ2n) is 22.3. The number of unbranched alkanes of at least 4 members (excludes halogenated alkanes) is 35. The Labute approximate surface area is 491 Å². The van der Waals surface area contributed by atoms with Crippen molar-refractivity contribution in [3.05, 3.63) is 60.8 Å². The number of rotatable bonds is 62. The van der Waals surface area contributed by atoms with Gasteiger partial charge in [0.15, 0.2) is 6.10 Å². The van der Waals surface area contributed by atoms with Gasteiger partial charge in [0, 0.05) is 19.3 Å². The molecule has 3 unspecified atom stereocenters. The SMILES string of the molecule is CC/C=C\C/C=C\C/C=C\C/C=C\CCCCCCCCC(=O)OC(COC(=O)CCCCCCCCC/C=C\CCCCCCCC)COP(=O)(O)OCC(CO)OC(=O)CCCCCCCCCCCCCCCCCCC. The Kier molecular flexibility index (Phi) is 60.0. The van der Waals surface area contributed by atoms with E-state index in [0.29, 0.717) is 19.3 Å². The smallest absolute Gasteiger partial charge is 0.462 e. The van der Waals surface area contributed by atoms with E-state index in [1.165, 1.54) is 148 Å². The maximum absolute atomic E-state index is 13.0. The number of phosphoric acid groups is 1. The first-order chi connectivity index (χ1) is 39.2. The van der Waals surface area contributed by atoms with Gasteiger partial charge in [-0.25, -0.2) is 4.57 Å². The van der Waals surface area contributed by atoms with Gasteiger partial charge in [0.1, 0.15) is 12.7 Å². The van der Waals surface area contributed by atoms with Gasteiger partial charge in [0.25, 0.3) is 0 Å². The van der Waals surface area contributed by atoms with Crippen molar-refractivity contribution in [3.8, 4) is 0 Å². The molecule has 80 heavy (non-hydrogen) atoms. The molecule has 0 spiro atoms. The third kappa shape index (κ3) is 59.8. The first-order valence-corrected chi connectivity index (χ1v) is 34.7. The molecule has 466 valence electrons. The monoisotopic (exact) mass is 1150 g/mol. The Morgan fingerprint density at radius 2 is 0.650 bits per heavy atom. The quantitative estimate of drug-likeness (QED) is 0.0197. The van der Waals surface area contributed by atoms with Gasteiger partial charge in [-0.1, -0.05) is 274 Å². The molecule has 0 bridgehead atoms. The summed E-state index contributed by atoms with van der Waals surface area (Å²) < 4.78 is 39.7. The summed E-state index contributed by atoms with van der Waals surface area (Å²) in [5, 5.41) is 9.86. The summed E-state index contributed by atoms with van der Waals surface area (Å²) >= 11 is 0. The van der Waals surface area contributed by atoms with E-state index in [9.17, 15) is 28.9 Å². The fourth-order valence-corrected chi connectivity index (χ4v) is 10.2. The van der Waals surface area contributed by atoms with Gasteiger partial charge in [0.05, 0.1) is 19.8 Å². The van der Waals surface area contributed by atoms with Crippen molar-refractivity contribution < 1.29 is 52.2 Å². The molecule has 0 radical (unpaired) electrons. The summed E-state index contributed by atoms with van der Waals surface area (Å²) in [5.41, 5.74) is 0. The first kappa shape index (κ1) is 77.2. The van der Waals surface area contributed by atoms with Crippen molar-refractivity contribution in [2.45, 2.75) is 328 Å². The number of allylic oxidation sites excluding steroid dienone is 10. The number of aliphatic hydroxyl groups excluding tert-OH is 1. The zero-order valence-electron chi connectivity index (χ0n) is 51.8. The summed E-state index contributed by atoms with van der Waals surface area (Å²) in [4.78, 5) is 48.8. The molecular formula is C68H123O11P. The molecule has 11 nitrogen and oxygen atoms in total. The number of hydrogen-bond donors (Lipinski definition) is 2. The van der Waals surface area contributed by atoms with Gasteiger partial charge in [0.2, 0.25) is 0 Å². The summed E-state index contributed by atoms with van der Waals surface area (Å²) in [6, 6.07) is 0. The van der Waals surface area contributed by atoms with E-state index in [1.807, 2.05) is 0 Å². The summed E-state index contributed by atoms with van der Waals surface area (Å²) in [7, 11) is -4.76. The molecule has 3 atom stereocenters. The number of hydrogen-bond acceptors (Lipinski definition) is 10. The molecule has 0 aliphatic rings. The molecule has 0 amide bonds. The van der Waals surface area contributed by atoms with Crippen molar-refractivity contribution >= 4 is 25.7 Å². The number of ether oxygens (including phenoxy) is 3. The van der Waals surface area contributed by atoms with Gasteiger partial charge in [-0.05, 0) is 83.5 Å². The van der Waals surface area contributed by atoms with Crippen LogP contribution in [0, 0.1) is 0 Å². The minimum atomic E-state index is -4.76. The van der Waals surface area contributed by atoms with Crippen LogP contribution in [0.25, 0.3) is 0 Å². The van der Waals surface area contributed by atoms with Crippen molar-refractivity contribution in [2.75, 3.05) is 26.4 Å². The predicted molar refractivity (Wildman–Crippen MR) is 335 cm³/mol. The molecule has 0 fully saturated rings. The van der Waals surface area contributed by atoms with E-state index < -0.39 is 57.8 Å². The highest BCUT2D eigenvalue weighted by atomic mass is 31.2. The van der Waals surface area contributed by atoms with Crippen molar-refractivity contribution in [3.63, 3.8) is 0 Å². The fraction of sp³-hybridized carbons (Fsp3) is 0.809. The van der Waals surface area contributed by atoms with Gasteiger partial charge in [-0.2, -0.15) is 0 Å². The van der Waals surface area contributed by atoms with E-state index in [2.05, 4.69) is 81.5 Å². The summed E-state index contributed by atoms with van der Waals surface area (Å²) in [6.45, 7) is 4.57. The third-order valence-electron chi connectivity index (χ3n) is 14.4. The Balaban J connectivity index is 4.69. The molecule has 2 N–H and O–H groups in total. The third-order valence-corrected chi connectivity index (χ3v) is 15.4. The van der Waals surface area contributed by atoms with E-state index >= 15 is 0 Å². The van der Waals surface area contributed by atoms with Crippen LogP contribution in [-0.4, -0.2) is 66.5 Å². The maximum atomic E-state index is 13.0. The van der Waals surface area contributed by atoms with E-state index in [0.717, 1.165) is 109 Å². The average Bonchev–Trinajstić information content (AvgIpc) is 3.45. The molecule has 0 rings (SSSR count). The lowest BCUT2D eigenvalue weighted by atomic mass is 10.0. The first-order valence-electron chi connectivity index (χ1n) is 33.2. The minimum Gasteiger partial charge on any atom is -0.462 e. The minimum absolute atomic E-state index is 0.151. The van der Waals surface area contributed by atoms with Crippen molar-refractivity contribution in [1.82, 2.24) is 0 Å². The van der Waals surface area contributed by atoms with Crippen LogP contribution in [0.15, 0.2) is 60.8 Å². The largest absolute Gasteiger partial charge is 0.472 e. The van der Waals surface area contributed by atoms with Gasteiger partial charge in [-0.3, -0.25) is 23.4 Å². The molecule has 0 aromatic heterocycles. The normalized spacial score (nSPS) is 13.6. The molecule has 0 aromatic carbocycles. The number of aliphatic hydroxyl groups is 1. The van der Waals surface area contributed by atoms with Crippen molar-refractivity contribution in [1.29, 1.82) is 0 Å². The summed E-state index contributed by atoms with van der Waals surface area (Å²) in [5.74, 6) is -1.47. The van der Waals surface area contributed by atoms with Crippen LogP contribution in [0.2, 0.25) is 0 Å². The highest BCUT2D eigenvalue weighted by Gasteiger charge is 2.28. The van der Waals surface area contributed by atoms with Crippen LogP contribution in [0.3, 0.4) is 0 Å². The molecule has 0 saturated heterocycles. The molecule has 0 aromatic rings. The Hall–Kier alpha value is -2.82. The van der Waals surface area contributed by atoms with E-state index in [-0.39, 0.29) is 25.9 Å². The van der Waals surface area contributed by atoms with Crippen LogP contribution in [0.4, 0.5) is 0 Å². The van der Waals surface area contributed by atoms with Crippen LogP contribution in [0.5, 0.6) is 0 Å². The lowest BCUT2D eigenvalue weighted by Gasteiger charge is -2.21. The summed E-state index contributed by atoms with van der Waals surface area (Å²) in [6.07, 6.45) is 70.2. The predicted octanol–water partition coefficient (Wildman–Crippen LogP) is 20.3. The topological polar surface area (TPSA) is 155 Å². The molecule has 0 aliphatic heterocycles. The Morgan fingerprint density at radius 3 is 1.01 bits per heavy atom. The van der Waals surface area contributed by atoms with E-state index in [4.69, 9.17) is 23.3 Å². The lowest BCUT2D eigenvalue weighted by molar-refractivity contribution is -0.161. The molecule has 0 aliphatic carbocycles. The van der Waals surface area contributed by atoms with Gasteiger partial charge >= 0.3 is 25.7 Å². The highest BCUT2D eigenvalue weighted by molar-refractivity contribution is 7.47. The molecular weight excluding hydrogens is 1020 g/mol. The number of esters is 3. The van der Waals surface area contributed by atoms with Crippen LogP contribution >= 0.6 is 7.82 Å². The zero-order chi connectivity index (χ0) is 58.3. The molecule has 0 saturated carbocycles. The maximum Gasteiger partial charge on any atom is 0.472 e. The van der Waals surface area contributed by atoms with Crippen molar-refractivity contribution in [2.24, 2.45) is 0 Å². The molecule has 0 heterocycles. The average molecular weight is 1150 g/mol. The number of carbonyl (C=O) groups excluding carboxylic acids is 3. The van der Waals surface area contributed by atoms with E-state index in [1.54, 1.807) is 0 Å². The second-order valence-corrected chi connectivity index (χ2v) is 23.7. The van der Waals surface area contributed by atoms with Gasteiger partial charge < -0.3 is 24.2 Å². The van der Waals surface area contributed by atoms with Crippen LogP contribution < -0.4 is 0 Å². The number of phosphoric ester groups is 1. The van der Waals surface area contributed by atoms with Crippen LogP contribution in [0.1, 0.15) is 316 Å². The zero-order valence-corrected chi connectivity index (χ0v) is 52.7. The molecule has 12 heteroatoms. The highest BCUT2D eigenvalue weighted by Crippen LogP contribution is 2.43.